The van der Waals surface area contributed by atoms with Crippen molar-refractivity contribution < 1.29 is 14.3 Å². The molecule has 3 nitrogen and oxygen atoms in total. The Kier molecular flexibility index (Phi) is 2.27. The van der Waals surface area contributed by atoms with Crippen LogP contribution in [-0.2, 0) is 14.3 Å². The summed E-state index contributed by atoms with van der Waals surface area (Å²) in [6.45, 7) is 4.14. The molecular weight excluding hydrogens is 132 g/mol. The molecule has 1 fully saturated rings. The monoisotopic (exact) mass is 144 g/mol. The standard InChI is InChI=1S/C7H12O3/c1-3-5(2)6-7(8)10-4-9-6/h5-6H,3-4H2,1-2H3/t5?,6-/m0/s1. The molecule has 1 aliphatic heterocycles. The minimum absolute atomic E-state index is 0.133. The van der Waals surface area contributed by atoms with Crippen molar-refractivity contribution in [1.82, 2.24) is 0 Å². The first kappa shape index (κ1) is 7.54. The molecule has 10 heavy (non-hydrogen) atoms. The number of ether oxygens (including phenoxy) is 2. The van der Waals surface area contributed by atoms with Crippen molar-refractivity contribution in [3.05, 3.63) is 0 Å². The van der Waals surface area contributed by atoms with E-state index in [1.165, 1.54) is 0 Å². The van der Waals surface area contributed by atoms with Gasteiger partial charge >= 0.3 is 5.97 Å². The fourth-order valence-corrected chi connectivity index (χ4v) is 0.926. The van der Waals surface area contributed by atoms with Crippen LogP contribution in [0, 0.1) is 5.92 Å². The molecule has 1 heterocycles. The molecular formula is C7H12O3. The Bertz CT molecular complexity index is 133. The Morgan fingerprint density at radius 2 is 2.50 bits per heavy atom. The van der Waals surface area contributed by atoms with Crippen LogP contribution in [-0.4, -0.2) is 18.9 Å². The highest BCUT2D eigenvalue weighted by Gasteiger charge is 2.31. The van der Waals surface area contributed by atoms with Crippen LogP contribution in [0.1, 0.15) is 20.3 Å². The van der Waals surface area contributed by atoms with Gasteiger partial charge in [0, 0.05) is 0 Å². The molecule has 58 valence electrons. The molecule has 0 saturated carbocycles. The van der Waals surface area contributed by atoms with Gasteiger partial charge in [0.25, 0.3) is 0 Å². The summed E-state index contributed by atoms with van der Waals surface area (Å²) in [6.07, 6.45) is 0.629. The largest absolute Gasteiger partial charge is 0.437 e. The predicted molar refractivity (Wildman–Crippen MR) is 35.3 cm³/mol. The summed E-state index contributed by atoms with van der Waals surface area (Å²) in [5.74, 6) is 0.0596. The highest BCUT2D eigenvalue weighted by Crippen LogP contribution is 2.17. The molecule has 0 aromatic heterocycles. The average Bonchev–Trinajstić information content (AvgIpc) is 2.34. The second-order valence-corrected chi connectivity index (χ2v) is 2.55. The Morgan fingerprint density at radius 3 is 2.90 bits per heavy atom. The number of hydrogen-bond donors (Lipinski definition) is 0. The van der Waals surface area contributed by atoms with Crippen LogP contribution >= 0.6 is 0 Å². The zero-order valence-electron chi connectivity index (χ0n) is 6.29. The molecule has 0 bridgehead atoms. The van der Waals surface area contributed by atoms with Gasteiger partial charge < -0.3 is 9.47 Å². The molecule has 0 spiro atoms. The number of hydrogen-bond acceptors (Lipinski definition) is 3. The first-order valence-corrected chi connectivity index (χ1v) is 3.54. The van der Waals surface area contributed by atoms with E-state index >= 15 is 0 Å². The van der Waals surface area contributed by atoms with Crippen LogP contribution in [0.2, 0.25) is 0 Å². The van der Waals surface area contributed by atoms with Crippen molar-refractivity contribution in [2.75, 3.05) is 6.79 Å². The number of esters is 1. The van der Waals surface area contributed by atoms with Gasteiger partial charge in [-0.15, -0.1) is 0 Å². The van der Waals surface area contributed by atoms with E-state index in [0.29, 0.717) is 0 Å². The number of rotatable bonds is 2. The summed E-state index contributed by atoms with van der Waals surface area (Å²) in [5.41, 5.74) is 0. The third kappa shape index (κ3) is 1.29. The Balaban J connectivity index is 2.46. The Morgan fingerprint density at radius 1 is 1.80 bits per heavy atom. The maximum Gasteiger partial charge on any atom is 0.337 e. The predicted octanol–water partition coefficient (Wildman–Crippen LogP) is 0.932. The van der Waals surface area contributed by atoms with Gasteiger partial charge in [-0.3, -0.25) is 0 Å². The normalized spacial score (nSPS) is 28.2. The summed E-state index contributed by atoms with van der Waals surface area (Å²) >= 11 is 0. The number of carbonyl (C=O) groups excluding carboxylic acids is 1. The summed E-state index contributed by atoms with van der Waals surface area (Å²) in [6, 6.07) is 0. The van der Waals surface area contributed by atoms with E-state index in [2.05, 4.69) is 4.74 Å². The van der Waals surface area contributed by atoms with Crippen molar-refractivity contribution in [3.63, 3.8) is 0 Å². The first-order chi connectivity index (χ1) is 4.75. The SMILES string of the molecule is CCC(C)[C@@H]1OCOC1=O. The molecule has 1 aliphatic rings. The van der Waals surface area contributed by atoms with Gasteiger partial charge in [0.05, 0.1) is 0 Å². The molecule has 0 aliphatic carbocycles. The van der Waals surface area contributed by atoms with Crippen LogP contribution in [0.3, 0.4) is 0 Å². The Labute approximate surface area is 60.3 Å². The van der Waals surface area contributed by atoms with Crippen LogP contribution in [0.15, 0.2) is 0 Å². The molecule has 0 N–H and O–H groups in total. The zero-order valence-corrected chi connectivity index (χ0v) is 6.29. The third-order valence-electron chi connectivity index (χ3n) is 1.84. The minimum atomic E-state index is -0.315. The van der Waals surface area contributed by atoms with E-state index in [-0.39, 0.29) is 24.8 Å². The van der Waals surface area contributed by atoms with Crippen molar-refractivity contribution in [3.8, 4) is 0 Å². The summed E-state index contributed by atoms with van der Waals surface area (Å²) in [5, 5.41) is 0. The maximum absolute atomic E-state index is 10.8. The average molecular weight is 144 g/mol. The van der Waals surface area contributed by atoms with Gasteiger partial charge in [0.1, 0.15) is 0 Å². The Hall–Kier alpha value is -0.570. The van der Waals surface area contributed by atoms with Gasteiger partial charge in [-0.2, -0.15) is 0 Å². The third-order valence-corrected chi connectivity index (χ3v) is 1.84. The van der Waals surface area contributed by atoms with Crippen molar-refractivity contribution >= 4 is 5.97 Å². The molecule has 3 heteroatoms. The van der Waals surface area contributed by atoms with E-state index in [4.69, 9.17) is 4.74 Å². The minimum Gasteiger partial charge on any atom is -0.437 e. The molecule has 0 aromatic rings. The molecule has 0 aromatic carbocycles. The van der Waals surface area contributed by atoms with Crippen LogP contribution in [0.25, 0.3) is 0 Å². The van der Waals surface area contributed by atoms with E-state index in [9.17, 15) is 4.79 Å². The summed E-state index contributed by atoms with van der Waals surface area (Å²) < 4.78 is 9.67. The first-order valence-electron chi connectivity index (χ1n) is 3.54. The summed E-state index contributed by atoms with van der Waals surface area (Å²) in [4.78, 5) is 10.8. The second-order valence-electron chi connectivity index (χ2n) is 2.55. The van der Waals surface area contributed by atoms with Gasteiger partial charge in [0.15, 0.2) is 12.9 Å². The molecule has 0 amide bonds. The lowest BCUT2D eigenvalue weighted by Gasteiger charge is -2.10. The van der Waals surface area contributed by atoms with E-state index in [1.54, 1.807) is 0 Å². The van der Waals surface area contributed by atoms with Crippen molar-refractivity contribution in [2.45, 2.75) is 26.4 Å². The summed E-state index contributed by atoms with van der Waals surface area (Å²) in [7, 11) is 0. The zero-order chi connectivity index (χ0) is 7.56. The van der Waals surface area contributed by atoms with Crippen molar-refractivity contribution in [1.29, 1.82) is 0 Å². The second kappa shape index (κ2) is 3.01. The van der Waals surface area contributed by atoms with Gasteiger partial charge in [-0.05, 0) is 5.92 Å². The lowest BCUT2D eigenvalue weighted by atomic mass is 10.0. The number of cyclic esters (lactones) is 1. The van der Waals surface area contributed by atoms with Crippen molar-refractivity contribution in [2.24, 2.45) is 5.92 Å². The lowest BCUT2D eigenvalue weighted by Crippen LogP contribution is -2.24. The highest BCUT2D eigenvalue weighted by molar-refractivity contribution is 5.76. The fraction of sp³-hybridized carbons (Fsp3) is 0.857. The fourth-order valence-electron chi connectivity index (χ4n) is 0.926. The van der Waals surface area contributed by atoms with Crippen LogP contribution in [0.5, 0.6) is 0 Å². The topological polar surface area (TPSA) is 35.5 Å². The van der Waals surface area contributed by atoms with E-state index in [1.807, 2.05) is 13.8 Å². The molecule has 1 saturated heterocycles. The van der Waals surface area contributed by atoms with E-state index in [0.717, 1.165) is 6.42 Å². The molecule has 1 rings (SSSR count). The van der Waals surface area contributed by atoms with Crippen LogP contribution in [0.4, 0.5) is 0 Å². The van der Waals surface area contributed by atoms with Gasteiger partial charge in [-0.1, -0.05) is 20.3 Å². The molecule has 0 radical (unpaired) electrons. The molecule has 1 unspecified atom stereocenters. The maximum atomic E-state index is 10.8. The van der Waals surface area contributed by atoms with Gasteiger partial charge in [0.2, 0.25) is 0 Å². The van der Waals surface area contributed by atoms with Crippen LogP contribution < -0.4 is 0 Å². The quantitative estimate of drug-likeness (QED) is 0.541. The lowest BCUT2D eigenvalue weighted by molar-refractivity contribution is -0.140. The molecule has 2 atom stereocenters. The van der Waals surface area contributed by atoms with Gasteiger partial charge in [-0.25, -0.2) is 4.79 Å². The number of carbonyl (C=O) groups is 1. The smallest absolute Gasteiger partial charge is 0.337 e. The van der Waals surface area contributed by atoms with E-state index < -0.39 is 0 Å². The highest BCUT2D eigenvalue weighted by atomic mass is 16.7.